The Morgan fingerprint density at radius 3 is 1.08 bits per heavy atom. The van der Waals surface area contributed by atoms with E-state index in [1.807, 2.05) is 0 Å². The van der Waals surface area contributed by atoms with Crippen LogP contribution in [0.2, 0.25) is 0 Å². The minimum Gasteiger partial charge on any atom is -0.481 e. The van der Waals surface area contributed by atoms with Gasteiger partial charge in [0.2, 0.25) is 0 Å². The summed E-state index contributed by atoms with van der Waals surface area (Å²) in [6, 6.07) is 0. The van der Waals surface area contributed by atoms with E-state index >= 15 is 0 Å². The number of carboxylic acids is 4. The Morgan fingerprint density at radius 1 is 0.542 bits per heavy atom. The summed E-state index contributed by atoms with van der Waals surface area (Å²) < 4.78 is 0. The average molecular weight is 346 g/mol. The van der Waals surface area contributed by atoms with Gasteiger partial charge in [-0.25, -0.2) is 0 Å². The third kappa shape index (κ3) is 11.4. The van der Waals surface area contributed by atoms with Crippen molar-refractivity contribution in [1.29, 1.82) is 0 Å². The summed E-state index contributed by atoms with van der Waals surface area (Å²) in [5, 5.41) is 35.3. The van der Waals surface area contributed by atoms with Crippen LogP contribution in [-0.2, 0) is 19.2 Å². The molecular formula is C16H26O8. The molecule has 0 aromatic carbocycles. The normalized spacial score (nSPS) is 13.2. The second-order valence-corrected chi connectivity index (χ2v) is 5.93. The Labute approximate surface area is 140 Å². The van der Waals surface area contributed by atoms with Crippen LogP contribution >= 0.6 is 0 Å². The molecule has 0 heterocycles. The van der Waals surface area contributed by atoms with Gasteiger partial charge in [0.25, 0.3) is 0 Å². The predicted molar refractivity (Wildman–Crippen MR) is 83.7 cm³/mol. The molecule has 0 aliphatic carbocycles. The fraction of sp³-hybridized carbons (Fsp3) is 0.750. The minimum absolute atomic E-state index is 0.0611. The van der Waals surface area contributed by atoms with Crippen molar-refractivity contribution in [2.45, 2.75) is 64.2 Å². The van der Waals surface area contributed by atoms with E-state index in [0.717, 1.165) is 0 Å². The Morgan fingerprint density at radius 2 is 0.833 bits per heavy atom. The van der Waals surface area contributed by atoms with Crippen LogP contribution in [0.5, 0.6) is 0 Å². The maximum absolute atomic E-state index is 11.1. The van der Waals surface area contributed by atoms with Gasteiger partial charge < -0.3 is 20.4 Å². The first-order valence-electron chi connectivity index (χ1n) is 8.13. The van der Waals surface area contributed by atoms with Gasteiger partial charge in [-0.05, 0) is 38.5 Å². The van der Waals surface area contributed by atoms with Crippen molar-refractivity contribution in [2.75, 3.05) is 0 Å². The highest BCUT2D eigenvalue weighted by atomic mass is 16.4. The zero-order valence-electron chi connectivity index (χ0n) is 13.6. The summed E-state index contributed by atoms with van der Waals surface area (Å²) in [6.45, 7) is 0. The number of hydrogen-bond donors (Lipinski definition) is 4. The Hall–Kier alpha value is -2.12. The molecule has 138 valence electrons. The summed E-state index contributed by atoms with van der Waals surface area (Å²) in [7, 11) is 0. The van der Waals surface area contributed by atoms with Gasteiger partial charge in [-0.1, -0.05) is 12.8 Å². The second kappa shape index (κ2) is 12.3. The summed E-state index contributed by atoms with van der Waals surface area (Å²) in [4.78, 5) is 43.1. The van der Waals surface area contributed by atoms with Gasteiger partial charge in [-0.2, -0.15) is 0 Å². The zero-order valence-corrected chi connectivity index (χ0v) is 13.6. The lowest BCUT2D eigenvalue weighted by atomic mass is 9.92. The molecule has 0 spiro atoms. The van der Waals surface area contributed by atoms with E-state index in [2.05, 4.69) is 0 Å². The van der Waals surface area contributed by atoms with Crippen LogP contribution in [0.3, 0.4) is 0 Å². The van der Waals surface area contributed by atoms with Crippen molar-refractivity contribution < 1.29 is 39.6 Å². The number of carbonyl (C=O) groups is 4. The third-order valence-corrected chi connectivity index (χ3v) is 3.94. The fourth-order valence-electron chi connectivity index (χ4n) is 2.56. The lowest BCUT2D eigenvalue weighted by Gasteiger charge is -2.14. The first-order chi connectivity index (χ1) is 11.2. The lowest BCUT2D eigenvalue weighted by molar-refractivity contribution is -0.144. The molecule has 24 heavy (non-hydrogen) atoms. The Kier molecular flexibility index (Phi) is 11.2. The summed E-state index contributed by atoms with van der Waals surface area (Å²) in [6.07, 6.45) is 2.94. The molecule has 4 N–H and O–H groups in total. The number of unbranched alkanes of at least 4 members (excludes halogenated alkanes) is 1. The van der Waals surface area contributed by atoms with Crippen LogP contribution in [0.25, 0.3) is 0 Å². The largest absolute Gasteiger partial charge is 0.481 e. The van der Waals surface area contributed by atoms with E-state index in [4.69, 9.17) is 20.4 Å². The Bertz CT molecular complexity index is 392. The zero-order chi connectivity index (χ0) is 18.5. The standard InChI is InChI=1S/C16H26O8/c17-13(18)9-3-7-11(15(21)22)5-1-2-6-12(16(23)24)8-4-10-14(19)20/h11-12H,1-10H2,(H,17,18)(H,19,20)(H,21,22)(H,23,24). The molecule has 0 bridgehead atoms. The highest BCUT2D eigenvalue weighted by molar-refractivity contribution is 5.71. The van der Waals surface area contributed by atoms with Gasteiger partial charge in [-0.3, -0.25) is 19.2 Å². The monoisotopic (exact) mass is 346 g/mol. The van der Waals surface area contributed by atoms with Gasteiger partial charge in [-0.15, -0.1) is 0 Å². The molecule has 0 aromatic rings. The van der Waals surface area contributed by atoms with Gasteiger partial charge >= 0.3 is 23.9 Å². The van der Waals surface area contributed by atoms with E-state index in [9.17, 15) is 19.2 Å². The number of aliphatic carboxylic acids is 4. The maximum Gasteiger partial charge on any atom is 0.306 e. The van der Waals surface area contributed by atoms with Gasteiger partial charge in [0.1, 0.15) is 0 Å². The molecule has 0 amide bonds. The van der Waals surface area contributed by atoms with Gasteiger partial charge in [0.05, 0.1) is 11.8 Å². The van der Waals surface area contributed by atoms with Crippen molar-refractivity contribution >= 4 is 23.9 Å². The van der Waals surface area contributed by atoms with Crippen molar-refractivity contribution in [3.8, 4) is 0 Å². The third-order valence-electron chi connectivity index (χ3n) is 3.94. The van der Waals surface area contributed by atoms with Crippen molar-refractivity contribution in [3.05, 3.63) is 0 Å². The molecule has 0 aromatic heterocycles. The highest BCUT2D eigenvalue weighted by Crippen LogP contribution is 2.21. The molecule has 0 rings (SSSR count). The van der Waals surface area contributed by atoms with Crippen molar-refractivity contribution in [2.24, 2.45) is 11.8 Å². The molecular weight excluding hydrogens is 320 g/mol. The summed E-state index contributed by atoms with van der Waals surface area (Å²) >= 11 is 0. The highest BCUT2D eigenvalue weighted by Gasteiger charge is 2.20. The van der Waals surface area contributed by atoms with Gasteiger partial charge in [0, 0.05) is 12.8 Å². The van der Waals surface area contributed by atoms with Gasteiger partial charge in [0.15, 0.2) is 0 Å². The first kappa shape index (κ1) is 21.9. The molecule has 0 aliphatic rings. The molecule has 0 fully saturated rings. The maximum atomic E-state index is 11.1. The van der Waals surface area contributed by atoms with E-state index in [0.29, 0.717) is 51.4 Å². The van der Waals surface area contributed by atoms with Crippen LogP contribution in [0.4, 0.5) is 0 Å². The summed E-state index contributed by atoms with van der Waals surface area (Å²) in [5.41, 5.74) is 0. The van der Waals surface area contributed by atoms with E-state index < -0.39 is 35.7 Å². The lowest BCUT2D eigenvalue weighted by Crippen LogP contribution is -2.16. The Balaban J connectivity index is 4.09. The van der Waals surface area contributed by atoms with Crippen LogP contribution in [0, 0.1) is 11.8 Å². The number of rotatable bonds is 15. The first-order valence-corrected chi connectivity index (χ1v) is 8.13. The topological polar surface area (TPSA) is 149 Å². The molecule has 0 saturated carbocycles. The second-order valence-electron chi connectivity index (χ2n) is 5.93. The molecule has 0 radical (unpaired) electrons. The molecule has 2 unspecified atom stereocenters. The van der Waals surface area contributed by atoms with Crippen LogP contribution < -0.4 is 0 Å². The quantitative estimate of drug-likeness (QED) is 0.330. The van der Waals surface area contributed by atoms with E-state index in [-0.39, 0.29) is 12.8 Å². The summed E-state index contributed by atoms with van der Waals surface area (Å²) in [5.74, 6) is -5.05. The van der Waals surface area contributed by atoms with Crippen LogP contribution in [-0.4, -0.2) is 44.3 Å². The number of carboxylic acid groups (broad SMARTS) is 4. The van der Waals surface area contributed by atoms with Crippen LogP contribution in [0.1, 0.15) is 64.2 Å². The predicted octanol–water partition coefficient (Wildman–Crippen LogP) is 2.46. The molecule has 8 nitrogen and oxygen atoms in total. The smallest absolute Gasteiger partial charge is 0.306 e. The molecule has 2 atom stereocenters. The van der Waals surface area contributed by atoms with Crippen molar-refractivity contribution in [1.82, 2.24) is 0 Å². The van der Waals surface area contributed by atoms with Crippen molar-refractivity contribution in [3.63, 3.8) is 0 Å². The van der Waals surface area contributed by atoms with Crippen LogP contribution in [0.15, 0.2) is 0 Å². The van der Waals surface area contributed by atoms with E-state index in [1.54, 1.807) is 0 Å². The molecule has 0 saturated heterocycles. The number of hydrogen-bond acceptors (Lipinski definition) is 4. The minimum atomic E-state index is -0.961. The fourth-order valence-corrected chi connectivity index (χ4v) is 2.56. The van der Waals surface area contributed by atoms with E-state index in [1.165, 1.54) is 0 Å². The average Bonchev–Trinajstić information content (AvgIpc) is 2.46. The molecule has 8 heteroatoms. The molecule has 0 aliphatic heterocycles. The SMILES string of the molecule is O=C(O)CCCC(CCCCC(CCCC(=O)O)C(=O)O)C(=O)O.